The second-order valence-electron chi connectivity index (χ2n) is 4.89. The van der Waals surface area contributed by atoms with Crippen LogP contribution in [0.3, 0.4) is 0 Å². The van der Waals surface area contributed by atoms with Gasteiger partial charge in [-0.25, -0.2) is 0 Å². The summed E-state index contributed by atoms with van der Waals surface area (Å²) in [6.45, 7) is 5.82. The fourth-order valence-electron chi connectivity index (χ4n) is 2.05. The van der Waals surface area contributed by atoms with Crippen molar-refractivity contribution in [3.8, 4) is 0 Å². The van der Waals surface area contributed by atoms with Gasteiger partial charge in [-0.05, 0) is 55.7 Å². The fourth-order valence-corrected chi connectivity index (χ4v) is 2.41. The minimum Gasteiger partial charge on any atom is -0.398 e. The van der Waals surface area contributed by atoms with E-state index in [1.807, 2.05) is 45.0 Å². The highest BCUT2D eigenvalue weighted by Crippen LogP contribution is 2.24. The molecule has 3 nitrogen and oxygen atoms in total. The lowest BCUT2D eigenvalue weighted by Crippen LogP contribution is -2.14. The Bertz CT molecular complexity index is 680. The van der Waals surface area contributed by atoms with Gasteiger partial charge >= 0.3 is 0 Å². The summed E-state index contributed by atoms with van der Waals surface area (Å²) in [5, 5.41) is 2.92. The molecule has 2 rings (SSSR count). The van der Waals surface area contributed by atoms with E-state index in [0.717, 1.165) is 26.9 Å². The minimum atomic E-state index is -0.129. The normalized spacial score (nSPS) is 10.4. The molecule has 2 aromatic carbocycles. The monoisotopic (exact) mass is 332 g/mol. The lowest BCUT2D eigenvalue weighted by molar-refractivity contribution is 0.102. The van der Waals surface area contributed by atoms with Crippen molar-refractivity contribution < 1.29 is 4.79 Å². The first-order chi connectivity index (χ1) is 9.40. The largest absolute Gasteiger partial charge is 0.398 e. The number of nitrogens with two attached hydrogens (primary N) is 1. The number of aryl methyl sites for hydroxylation is 2. The number of carbonyl (C=O) groups is 1. The van der Waals surface area contributed by atoms with Gasteiger partial charge in [-0.2, -0.15) is 0 Å². The molecule has 0 aliphatic carbocycles. The second-order valence-corrected chi connectivity index (χ2v) is 5.74. The topological polar surface area (TPSA) is 55.1 Å². The number of amides is 1. The van der Waals surface area contributed by atoms with Crippen molar-refractivity contribution >= 4 is 33.2 Å². The molecule has 0 aliphatic heterocycles. The van der Waals surface area contributed by atoms with Gasteiger partial charge in [-0.15, -0.1) is 0 Å². The standard InChI is InChI=1S/C16H17BrN2O/c1-9-7-10(2)15(8-14(9)18)19-16(20)12-5-4-6-13(17)11(12)3/h4-8H,18H2,1-3H3,(H,19,20). The van der Waals surface area contributed by atoms with E-state index in [4.69, 9.17) is 5.73 Å². The highest BCUT2D eigenvalue weighted by molar-refractivity contribution is 9.10. The van der Waals surface area contributed by atoms with Crippen LogP contribution in [0.1, 0.15) is 27.0 Å². The number of hydrogen-bond donors (Lipinski definition) is 2. The van der Waals surface area contributed by atoms with Gasteiger partial charge in [0.2, 0.25) is 0 Å². The van der Waals surface area contributed by atoms with Gasteiger partial charge in [0.05, 0.1) is 0 Å². The molecule has 0 saturated heterocycles. The third-order valence-corrected chi connectivity index (χ3v) is 4.23. The Morgan fingerprint density at radius 3 is 2.55 bits per heavy atom. The molecule has 0 heterocycles. The highest BCUT2D eigenvalue weighted by Gasteiger charge is 2.12. The zero-order valence-corrected chi connectivity index (χ0v) is 13.3. The molecular weight excluding hydrogens is 316 g/mol. The SMILES string of the molecule is Cc1cc(C)c(NC(=O)c2cccc(Br)c2C)cc1N. The van der Waals surface area contributed by atoms with Crippen LogP contribution in [0.25, 0.3) is 0 Å². The van der Waals surface area contributed by atoms with Gasteiger partial charge in [0.15, 0.2) is 0 Å². The maximum Gasteiger partial charge on any atom is 0.255 e. The van der Waals surface area contributed by atoms with Crippen LogP contribution < -0.4 is 11.1 Å². The van der Waals surface area contributed by atoms with Crippen LogP contribution >= 0.6 is 15.9 Å². The Kier molecular flexibility index (Phi) is 4.14. The lowest BCUT2D eigenvalue weighted by Gasteiger charge is -2.13. The number of benzene rings is 2. The van der Waals surface area contributed by atoms with Crippen molar-refractivity contribution in [3.63, 3.8) is 0 Å². The molecule has 2 aromatic rings. The Morgan fingerprint density at radius 2 is 1.85 bits per heavy atom. The third-order valence-electron chi connectivity index (χ3n) is 3.37. The molecule has 0 aromatic heterocycles. The Morgan fingerprint density at radius 1 is 1.15 bits per heavy atom. The number of anilines is 2. The molecule has 20 heavy (non-hydrogen) atoms. The number of nitrogen functional groups attached to an aromatic ring is 1. The van der Waals surface area contributed by atoms with E-state index in [1.54, 1.807) is 6.07 Å². The average Bonchev–Trinajstić information content (AvgIpc) is 2.39. The summed E-state index contributed by atoms with van der Waals surface area (Å²) in [7, 11) is 0. The number of rotatable bonds is 2. The summed E-state index contributed by atoms with van der Waals surface area (Å²) in [6.07, 6.45) is 0. The van der Waals surface area contributed by atoms with Gasteiger partial charge in [0.25, 0.3) is 5.91 Å². The lowest BCUT2D eigenvalue weighted by atomic mass is 10.1. The smallest absolute Gasteiger partial charge is 0.255 e. The number of hydrogen-bond acceptors (Lipinski definition) is 2. The summed E-state index contributed by atoms with van der Waals surface area (Å²) in [5.74, 6) is -0.129. The van der Waals surface area contributed by atoms with Crippen LogP contribution in [0.15, 0.2) is 34.8 Å². The van der Waals surface area contributed by atoms with Gasteiger partial charge in [0.1, 0.15) is 0 Å². The molecule has 3 N–H and O–H groups in total. The summed E-state index contributed by atoms with van der Waals surface area (Å²) in [5.41, 5.74) is 10.9. The Labute approximate surface area is 127 Å². The molecule has 0 unspecified atom stereocenters. The van der Waals surface area contributed by atoms with Crippen molar-refractivity contribution in [2.24, 2.45) is 0 Å². The van der Waals surface area contributed by atoms with Crippen LogP contribution in [0.5, 0.6) is 0 Å². The first-order valence-corrected chi connectivity index (χ1v) is 7.12. The van der Waals surface area contributed by atoms with E-state index in [1.165, 1.54) is 0 Å². The first-order valence-electron chi connectivity index (χ1n) is 6.33. The molecule has 0 atom stereocenters. The highest BCUT2D eigenvalue weighted by atomic mass is 79.9. The average molecular weight is 333 g/mol. The van der Waals surface area contributed by atoms with Crippen LogP contribution in [0.4, 0.5) is 11.4 Å². The summed E-state index contributed by atoms with van der Waals surface area (Å²) in [4.78, 5) is 12.4. The molecule has 0 saturated carbocycles. The zero-order chi connectivity index (χ0) is 14.9. The number of halogens is 1. The van der Waals surface area contributed by atoms with Gasteiger partial charge < -0.3 is 11.1 Å². The van der Waals surface area contributed by atoms with E-state index in [9.17, 15) is 4.79 Å². The molecular formula is C16H17BrN2O. The third kappa shape index (κ3) is 2.85. The molecule has 0 fully saturated rings. The van der Waals surface area contributed by atoms with Gasteiger partial charge in [-0.3, -0.25) is 4.79 Å². The summed E-state index contributed by atoms with van der Waals surface area (Å²) >= 11 is 3.44. The molecule has 0 aliphatic rings. The van der Waals surface area contributed by atoms with E-state index in [-0.39, 0.29) is 5.91 Å². The van der Waals surface area contributed by atoms with Crippen molar-refractivity contribution in [1.29, 1.82) is 0 Å². The molecule has 0 radical (unpaired) electrons. The summed E-state index contributed by atoms with van der Waals surface area (Å²) < 4.78 is 0.922. The van der Waals surface area contributed by atoms with E-state index < -0.39 is 0 Å². The zero-order valence-electron chi connectivity index (χ0n) is 11.8. The van der Waals surface area contributed by atoms with Crippen molar-refractivity contribution in [2.75, 3.05) is 11.1 Å². The molecule has 0 bridgehead atoms. The molecule has 0 spiro atoms. The van der Waals surface area contributed by atoms with Crippen molar-refractivity contribution in [1.82, 2.24) is 0 Å². The Balaban J connectivity index is 2.33. The Hall–Kier alpha value is -1.81. The van der Waals surface area contributed by atoms with Crippen molar-refractivity contribution in [3.05, 3.63) is 57.1 Å². The predicted octanol–water partition coefficient (Wildman–Crippen LogP) is 4.21. The minimum absolute atomic E-state index is 0.129. The maximum absolute atomic E-state index is 12.4. The quantitative estimate of drug-likeness (QED) is 0.809. The maximum atomic E-state index is 12.4. The fraction of sp³-hybridized carbons (Fsp3) is 0.188. The van der Waals surface area contributed by atoms with Crippen molar-refractivity contribution in [2.45, 2.75) is 20.8 Å². The van der Waals surface area contributed by atoms with Crippen LogP contribution in [0, 0.1) is 20.8 Å². The second kappa shape index (κ2) is 5.67. The number of carbonyl (C=O) groups excluding carboxylic acids is 1. The first kappa shape index (κ1) is 14.6. The van der Waals surface area contributed by atoms with E-state index in [0.29, 0.717) is 11.3 Å². The van der Waals surface area contributed by atoms with E-state index in [2.05, 4.69) is 21.2 Å². The molecule has 1 amide bonds. The summed E-state index contributed by atoms with van der Waals surface area (Å²) in [6, 6.07) is 9.35. The van der Waals surface area contributed by atoms with Crippen LogP contribution in [-0.2, 0) is 0 Å². The van der Waals surface area contributed by atoms with Crippen LogP contribution in [-0.4, -0.2) is 5.91 Å². The molecule has 4 heteroatoms. The number of nitrogens with one attached hydrogen (secondary N) is 1. The van der Waals surface area contributed by atoms with Gasteiger partial charge in [0, 0.05) is 21.4 Å². The van der Waals surface area contributed by atoms with Gasteiger partial charge in [-0.1, -0.05) is 28.1 Å². The van der Waals surface area contributed by atoms with E-state index >= 15 is 0 Å². The predicted molar refractivity (Wildman–Crippen MR) is 87.2 cm³/mol. The van der Waals surface area contributed by atoms with Crippen LogP contribution in [0.2, 0.25) is 0 Å². The molecule has 104 valence electrons.